The second-order valence-electron chi connectivity index (χ2n) is 8.42. The largest absolute Gasteiger partial charge is 0.416 e. The number of sulfone groups is 1. The number of amides is 2. The molecule has 2 aromatic rings. The van der Waals surface area contributed by atoms with Crippen molar-refractivity contribution in [3.05, 3.63) is 70.4 Å². The fraction of sp³-hybridized carbons (Fsp3) is 0.292. The van der Waals surface area contributed by atoms with Crippen LogP contribution in [0, 0.1) is 11.3 Å². The highest BCUT2D eigenvalue weighted by atomic mass is 32.2. The Hall–Kier alpha value is -3.65. The van der Waals surface area contributed by atoms with Crippen LogP contribution in [0.3, 0.4) is 0 Å². The lowest BCUT2D eigenvalue weighted by molar-refractivity contribution is -0.137. The molecule has 2 amide bonds. The molecule has 1 unspecified atom stereocenters. The summed E-state index contributed by atoms with van der Waals surface area (Å²) in [4.78, 5) is 28.8. The predicted molar refractivity (Wildman–Crippen MR) is 120 cm³/mol. The molecule has 0 aromatic heterocycles. The maximum absolute atomic E-state index is 13.6. The van der Waals surface area contributed by atoms with Gasteiger partial charge in [0.1, 0.15) is 0 Å². The van der Waals surface area contributed by atoms with E-state index in [1.807, 2.05) is 6.07 Å². The highest BCUT2D eigenvalue weighted by Gasteiger charge is 2.45. The number of carbonyl (C=O) groups excluding carboxylic acids is 2. The predicted octanol–water partition coefficient (Wildman–Crippen LogP) is 4.60. The molecule has 182 valence electrons. The van der Waals surface area contributed by atoms with Crippen LogP contribution in [0.25, 0.3) is 0 Å². The number of likely N-dealkylation sites (N-methyl/N-ethyl adjacent to an activating group) is 1. The fourth-order valence-corrected chi connectivity index (χ4v) is 5.59. The van der Waals surface area contributed by atoms with Crippen LogP contribution in [-0.2, 0) is 20.8 Å². The fourth-order valence-electron chi connectivity index (χ4n) is 4.64. The normalized spacial score (nSPS) is 19.0. The number of carbonyl (C=O) groups is 2. The van der Waals surface area contributed by atoms with Crippen LogP contribution in [0.5, 0.6) is 0 Å². The quantitative estimate of drug-likeness (QED) is 0.610. The smallest absolute Gasteiger partial charge is 0.316 e. The molecule has 0 saturated carbocycles. The van der Waals surface area contributed by atoms with Gasteiger partial charge in [-0.05, 0) is 43.2 Å². The van der Waals surface area contributed by atoms with Gasteiger partial charge >= 0.3 is 12.2 Å². The number of rotatable bonds is 3. The highest BCUT2D eigenvalue weighted by Crippen LogP contribution is 2.46. The zero-order valence-corrected chi connectivity index (χ0v) is 19.6. The van der Waals surface area contributed by atoms with Crippen molar-refractivity contribution in [1.29, 1.82) is 5.26 Å². The van der Waals surface area contributed by atoms with E-state index in [0.717, 1.165) is 28.2 Å². The summed E-state index contributed by atoms with van der Waals surface area (Å²) >= 11 is 0. The number of nitriles is 1. The molecule has 1 aliphatic carbocycles. The van der Waals surface area contributed by atoms with Crippen LogP contribution < -0.4 is 4.90 Å². The van der Waals surface area contributed by atoms with E-state index in [4.69, 9.17) is 0 Å². The molecule has 2 aromatic carbocycles. The lowest BCUT2D eigenvalue weighted by Crippen LogP contribution is -2.50. The zero-order valence-electron chi connectivity index (χ0n) is 18.8. The number of Topliss-reactive ketones (excluding diaryl/α,β-unsaturated/α-hetero) is 1. The van der Waals surface area contributed by atoms with Gasteiger partial charge in [-0.3, -0.25) is 9.69 Å². The van der Waals surface area contributed by atoms with Gasteiger partial charge in [-0.25, -0.2) is 13.2 Å². The van der Waals surface area contributed by atoms with E-state index in [1.165, 1.54) is 37.4 Å². The summed E-state index contributed by atoms with van der Waals surface area (Å²) in [5.41, 5.74) is -0.723. The molecule has 0 spiro atoms. The van der Waals surface area contributed by atoms with E-state index in [-0.39, 0.29) is 51.6 Å². The summed E-state index contributed by atoms with van der Waals surface area (Å²) in [6.07, 6.45) is -2.97. The molecule has 1 atom stereocenters. The number of halogens is 3. The minimum Gasteiger partial charge on any atom is -0.316 e. The standard InChI is InChI=1S/C24H20F3N3O4S/c1-29-22(20-14(13-28)6-3-11-19(20)35(2,33)34)21-17(9-5-10-18(21)31)30(23(29)32)16-8-4-7-15(12-16)24(25,26)27/h3-4,6-8,11-12,22H,5,9-10H2,1-2H3. The first-order chi connectivity index (χ1) is 16.4. The number of hydrogen-bond acceptors (Lipinski definition) is 5. The maximum Gasteiger partial charge on any atom is 0.416 e. The highest BCUT2D eigenvalue weighted by molar-refractivity contribution is 7.90. The van der Waals surface area contributed by atoms with Crippen molar-refractivity contribution in [2.75, 3.05) is 18.2 Å². The van der Waals surface area contributed by atoms with Crippen molar-refractivity contribution in [2.24, 2.45) is 0 Å². The number of nitrogens with zero attached hydrogens (tertiary/aromatic N) is 3. The first kappa shape index (κ1) is 24.5. The van der Waals surface area contributed by atoms with Crippen molar-refractivity contribution < 1.29 is 31.2 Å². The third-order valence-electron chi connectivity index (χ3n) is 6.14. The Labute approximate surface area is 200 Å². The van der Waals surface area contributed by atoms with Gasteiger partial charge in [-0.2, -0.15) is 18.4 Å². The molecule has 1 heterocycles. The monoisotopic (exact) mass is 503 g/mol. The molecule has 1 aliphatic heterocycles. The van der Waals surface area contributed by atoms with Crippen molar-refractivity contribution in [1.82, 2.24) is 4.90 Å². The van der Waals surface area contributed by atoms with Crippen LogP contribution in [0.15, 0.2) is 58.6 Å². The number of hydrogen-bond donors (Lipinski definition) is 0. The van der Waals surface area contributed by atoms with Crippen LogP contribution in [-0.4, -0.2) is 38.4 Å². The van der Waals surface area contributed by atoms with Gasteiger partial charge in [0.15, 0.2) is 15.6 Å². The van der Waals surface area contributed by atoms with E-state index < -0.39 is 33.6 Å². The SMILES string of the molecule is CN1C(=O)N(c2cccc(C(F)(F)F)c2)C2=C(C(=O)CCC2)C1c1c(C#N)cccc1S(C)(=O)=O. The third kappa shape index (κ3) is 4.18. The second kappa shape index (κ2) is 8.53. The van der Waals surface area contributed by atoms with Gasteiger partial charge in [0.05, 0.1) is 33.8 Å². The van der Waals surface area contributed by atoms with Gasteiger partial charge < -0.3 is 4.90 Å². The van der Waals surface area contributed by atoms with E-state index in [2.05, 4.69) is 0 Å². The van der Waals surface area contributed by atoms with E-state index in [1.54, 1.807) is 0 Å². The maximum atomic E-state index is 13.6. The Morgan fingerprint density at radius 1 is 1.09 bits per heavy atom. The Morgan fingerprint density at radius 3 is 2.40 bits per heavy atom. The Morgan fingerprint density at radius 2 is 1.77 bits per heavy atom. The van der Waals surface area contributed by atoms with Gasteiger partial charge in [0.2, 0.25) is 0 Å². The van der Waals surface area contributed by atoms with E-state index in [9.17, 15) is 36.4 Å². The minimum atomic E-state index is -4.64. The zero-order chi connectivity index (χ0) is 25.7. The average Bonchev–Trinajstić information content (AvgIpc) is 2.79. The van der Waals surface area contributed by atoms with Crippen LogP contribution in [0.4, 0.5) is 23.7 Å². The van der Waals surface area contributed by atoms with Crippen molar-refractivity contribution in [3.8, 4) is 6.07 Å². The van der Waals surface area contributed by atoms with Gasteiger partial charge in [-0.15, -0.1) is 0 Å². The van der Waals surface area contributed by atoms with Gasteiger partial charge in [0, 0.05) is 36.6 Å². The first-order valence-electron chi connectivity index (χ1n) is 10.6. The molecule has 0 radical (unpaired) electrons. The summed E-state index contributed by atoms with van der Waals surface area (Å²) in [7, 11) is -2.53. The topological polar surface area (TPSA) is 98.5 Å². The molecule has 0 N–H and O–H groups in total. The Balaban J connectivity index is 2.02. The van der Waals surface area contributed by atoms with E-state index >= 15 is 0 Å². The molecule has 0 saturated heterocycles. The molecular weight excluding hydrogens is 483 g/mol. The number of allylic oxidation sites excluding steroid dienone is 1. The van der Waals surface area contributed by atoms with Gasteiger partial charge in [-0.1, -0.05) is 12.1 Å². The summed E-state index contributed by atoms with van der Waals surface area (Å²) < 4.78 is 65.2. The van der Waals surface area contributed by atoms with Crippen molar-refractivity contribution >= 4 is 27.3 Å². The van der Waals surface area contributed by atoms with Crippen molar-refractivity contribution in [3.63, 3.8) is 0 Å². The second-order valence-corrected chi connectivity index (χ2v) is 10.4. The molecule has 11 heteroatoms. The Bertz CT molecular complexity index is 1420. The van der Waals surface area contributed by atoms with Crippen LogP contribution >= 0.6 is 0 Å². The molecule has 35 heavy (non-hydrogen) atoms. The lowest BCUT2D eigenvalue weighted by atomic mass is 9.82. The minimum absolute atomic E-state index is 0.000192. The molecule has 4 rings (SSSR count). The number of anilines is 1. The van der Waals surface area contributed by atoms with Crippen molar-refractivity contribution in [2.45, 2.75) is 36.4 Å². The molecule has 0 fully saturated rings. The first-order valence-corrected chi connectivity index (χ1v) is 12.5. The summed E-state index contributed by atoms with van der Waals surface area (Å²) in [5.74, 6) is -0.361. The molecular formula is C24H20F3N3O4S. The average molecular weight is 504 g/mol. The van der Waals surface area contributed by atoms with Crippen LogP contribution in [0.2, 0.25) is 0 Å². The summed E-state index contributed by atoms with van der Waals surface area (Å²) in [6, 6.07) is 8.35. The number of ketones is 1. The number of urea groups is 1. The van der Waals surface area contributed by atoms with Crippen LogP contribution in [0.1, 0.15) is 42.0 Å². The molecule has 2 aliphatic rings. The number of alkyl halides is 3. The Kier molecular flexibility index (Phi) is 5.97. The third-order valence-corrected chi connectivity index (χ3v) is 7.30. The van der Waals surface area contributed by atoms with E-state index in [0.29, 0.717) is 6.42 Å². The molecule has 7 nitrogen and oxygen atoms in total. The molecule has 0 bridgehead atoms. The summed E-state index contributed by atoms with van der Waals surface area (Å²) in [6.45, 7) is 0. The lowest BCUT2D eigenvalue weighted by Gasteiger charge is -2.44. The van der Waals surface area contributed by atoms with Gasteiger partial charge in [0.25, 0.3) is 0 Å². The number of benzene rings is 2. The summed E-state index contributed by atoms with van der Waals surface area (Å²) in [5, 5.41) is 9.72.